The smallest absolute Gasteiger partial charge is 0.374 e. The lowest BCUT2D eigenvalue weighted by Crippen LogP contribution is -2.47. The van der Waals surface area contributed by atoms with Crippen LogP contribution in [0.5, 0.6) is 5.75 Å². The van der Waals surface area contributed by atoms with Crippen LogP contribution in [-0.4, -0.2) is 19.7 Å². The zero-order chi connectivity index (χ0) is 11.2. The molecular weight excluding hydrogens is 190 g/mol. The number of amides is 1. The third kappa shape index (κ3) is 1.27. The number of aryl methyl sites for hydroxylation is 2. The van der Waals surface area contributed by atoms with Gasteiger partial charge < -0.3 is 4.74 Å². The van der Waals surface area contributed by atoms with E-state index in [-0.39, 0.29) is 10.6 Å². The highest BCUT2D eigenvalue weighted by atomic mass is 16.6. The lowest BCUT2D eigenvalue weighted by atomic mass is 10.1. The highest BCUT2D eigenvalue weighted by Crippen LogP contribution is 2.40. The maximum atomic E-state index is 11.8. The number of quaternary nitrogens is 1. The molecule has 0 N–H and O–H groups in total. The summed E-state index contributed by atoms with van der Waals surface area (Å²) in [6.07, 6.45) is -0.183. The first-order chi connectivity index (χ1) is 6.99. The fraction of sp³-hybridized carbons (Fsp3) is 0.417. The Kier molecular flexibility index (Phi) is 2.08. The highest BCUT2D eigenvalue weighted by molar-refractivity contribution is 5.92. The topological polar surface area (TPSA) is 26.3 Å². The third-order valence-corrected chi connectivity index (χ3v) is 3.34. The molecular formula is C12H16NO2+. The van der Waals surface area contributed by atoms with E-state index >= 15 is 0 Å². The molecule has 1 heterocycles. The van der Waals surface area contributed by atoms with Crippen LogP contribution in [-0.2, 0) is 0 Å². The number of ether oxygens (including phenoxy) is 1. The number of benzene rings is 1. The monoisotopic (exact) mass is 206 g/mol. The van der Waals surface area contributed by atoms with Crippen molar-refractivity contribution in [2.75, 3.05) is 13.6 Å². The van der Waals surface area contributed by atoms with Gasteiger partial charge in [0.15, 0.2) is 11.4 Å². The fourth-order valence-electron chi connectivity index (χ4n) is 1.83. The maximum absolute atomic E-state index is 11.8. The number of carbonyl (C=O) groups is 1. The number of hydrogen-bond donors (Lipinski definition) is 0. The van der Waals surface area contributed by atoms with Crippen molar-refractivity contribution in [2.24, 2.45) is 0 Å². The first kappa shape index (κ1) is 10.2. The van der Waals surface area contributed by atoms with Crippen LogP contribution in [0, 0.1) is 13.8 Å². The van der Waals surface area contributed by atoms with E-state index in [4.69, 9.17) is 4.74 Å². The van der Waals surface area contributed by atoms with Crippen LogP contribution in [0.4, 0.5) is 10.5 Å². The van der Waals surface area contributed by atoms with E-state index < -0.39 is 0 Å². The Labute approximate surface area is 89.9 Å². The summed E-state index contributed by atoms with van der Waals surface area (Å²) in [7, 11) is 1.89. The largest absolute Gasteiger partial charge is 0.526 e. The minimum absolute atomic E-state index is 0.183. The Hall–Kier alpha value is -1.35. The molecule has 0 spiro atoms. The summed E-state index contributed by atoms with van der Waals surface area (Å²) in [6, 6.07) is 4.00. The van der Waals surface area contributed by atoms with Gasteiger partial charge in [-0.15, -0.1) is 0 Å². The van der Waals surface area contributed by atoms with Crippen molar-refractivity contribution in [2.45, 2.75) is 20.8 Å². The molecule has 80 valence electrons. The predicted molar refractivity (Wildman–Crippen MR) is 60.2 cm³/mol. The molecule has 2 rings (SSSR count). The summed E-state index contributed by atoms with van der Waals surface area (Å²) >= 11 is 0. The van der Waals surface area contributed by atoms with Gasteiger partial charge >= 0.3 is 6.09 Å². The van der Waals surface area contributed by atoms with Crippen molar-refractivity contribution >= 4 is 11.8 Å². The van der Waals surface area contributed by atoms with Crippen LogP contribution in [0.3, 0.4) is 0 Å². The fourth-order valence-corrected chi connectivity index (χ4v) is 1.83. The van der Waals surface area contributed by atoms with Gasteiger partial charge in [-0.25, -0.2) is 0 Å². The molecule has 15 heavy (non-hydrogen) atoms. The van der Waals surface area contributed by atoms with Crippen LogP contribution in [0.25, 0.3) is 0 Å². The van der Waals surface area contributed by atoms with Crippen LogP contribution in [0.1, 0.15) is 18.1 Å². The molecule has 1 aromatic carbocycles. The minimum Gasteiger partial charge on any atom is -0.374 e. The maximum Gasteiger partial charge on any atom is 0.526 e. The first-order valence-electron chi connectivity index (χ1n) is 5.18. The van der Waals surface area contributed by atoms with Gasteiger partial charge in [0.1, 0.15) is 0 Å². The average Bonchev–Trinajstić information content (AvgIpc) is 2.43. The Morgan fingerprint density at radius 2 is 1.87 bits per heavy atom. The molecule has 0 saturated carbocycles. The molecule has 0 saturated heterocycles. The molecule has 3 heteroatoms. The van der Waals surface area contributed by atoms with Crippen molar-refractivity contribution in [1.82, 2.24) is 4.48 Å². The van der Waals surface area contributed by atoms with Crippen LogP contribution < -0.4 is 9.22 Å². The van der Waals surface area contributed by atoms with Gasteiger partial charge in [0.25, 0.3) is 0 Å². The van der Waals surface area contributed by atoms with Gasteiger partial charge in [-0.05, 0) is 38.0 Å². The van der Waals surface area contributed by atoms with Crippen LogP contribution >= 0.6 is 0 Å². The van der Waals surface area contributed by atoms with E-state index in [1.54, 1.807) is 0 Å². The number of carbonyl (C=O) groups excluding carboxylic acids is 1. The molecule has 1 aromatic rings. The first-order valence-corrected chi connectivity index (χ1v) is 5.18. The summed E-state index contributed by atoms with van der Waals surface area (Å²) in [5.41, 5.74) is 3.33. The van der Waals surface area contributed by atoms with E-state index in [0.717, 1.165) is 11.3 Å². The molecule has 0 aliphatic carbocycles. The summed E-state index contributed by atoms with van der Waals surface area (Å²) in [6.45, 7) is 6.79. The molecule has 0 bridgehead atoms. The number of hydrogen-bond acceptors (Lipinski definition) is 2. The van der Waals surface area contributed by atoms with E-state index in [0.29, 0.717) is 12.3 Å². The second kappa shape index (κ2) is 3.07. The van der Waals surface area contributed by atoms with Gasteiger partial charge in [-0.1, -0.05) is 0 Å². The van der Waals surface area contributed by atoms with E-state index in [1.807, 2.05) is 27.0 Å². The van der Waals surface area contributed by atoms with Crippen LogP contribution in [0.15, 0.2) is 12.1 Å². The van der Waals surface area contributed by atoms with Gasteiger partial charge in [-0.3, -0.25) is 0 Å². The standard InChI is InChI=1S/C12H16NO2/c1-5-13(4)10-6-8(2)9(3)7-11(10)15-12(13)14/h6-7H,5H2,1-4H3/q+1. The minimum atomic E-state index is -0.183. The number of nitrogens with zero attached hydrogens (tertiary/aromatic N) is 1. The third-order valence-electron chi connectivity index (χ3n) is 3.34. The van der Waals surface area contributed by atoms with Gasteiger partial charge in [0.05, 0.1) is 13.6 Å². The van der Waals surface area contributed by atoms with Crippen molar-refractivity contribution < 1.29 is 9.53 Å². The normalized spacial score (nSPS) is 23.9. The molecule has 1 aliphatic heterocycles. The second-order valence-corrected chi connectivity index (χ2v) is 4.28. The molecule has 1 aliphatic rings. The summed E-state index contributed by atoms with van der Waals surface area (Å²) < 4.78 is 5.53. The Balaban J connectivity index is 2.64. The Morgan fingerprint density at radius 3 is 2.47 bits per heavy atom. The molecule has 0 aromatic heterocycles. The predicted octanol–water partition coefficient (Wildman–Crippen LogP) is 2.77. The molecule has 3 nitrogen and oxygen atoms in total. The Morgan fingerprint density at radius 1 is 1.27 bits per heavy atom. The van der Waals surface area contributed by atoms with Crippen molar-refractivity contribution in [3.8, 4) is 5.75 Å². The van der Waals surface area contributed by atoms with E-state index in [9.17, 15) is 4.79 Å². The van der Waals surface area contributed by atoms with E-state index in [1.165, 1.54) is 5.56 Å². The quantitative estimate of drug-likeness (QED) is 0.660. The van der Waals surface area contributed by atoms with Crippen LogP contribution in [0.2, 0.25) is 0 Å². The highest BCUT2D eigenvalue weighted by Gasteiger charge is 2.45. The number of fused-ring (bicyclic) bond motifs is 1. The number of rotatable bonds is 1. The summed E-state index contributed by atoms with van der Waals surface area (Å²) in [5, 5.41) is 0. The lowest BCUT2D eigenvalue weighted by molar-refractivity contribution is 0.180. The lowest BCUT2D eigenvalue weighted by Gasteiger charge is -2.21. The van der Waals surface area contributed by atoms with Gasteiger partial charge in [0.2, 0.25) is 0 Å². The zero-order valence-electron chi connectivity index (χ0n) is 9.63. The zero-order valence-corrected chi connectivity index (χ0v) is 9.63. The van der Waals surface area contributed by atoms with E-state index in [2.05, 4.69) is 13.0 Å². The summed E-state index contributed by atoms with van der Waals surface area (Å²) in [5.74, 6) is 0.715. The molecule has 1 amide bonds. The summed E-state index contributed by atoms with van der Waals surface area (Å²) in [4.78, 5) is 11.8. The molecule has 0 fully saturated rings. The average molecular weight is 206 g/mol. The SMILES string of the molecule is CC[N+]1(C)C(=O)Oc2cc(C)c(C)cc21. The molecule has 1 atom stereocenters. The van der Waals surface area contributed by atoms with Crippen molar-refractivity contribution in [1.29, 1.82) is 0 Å². The van der Waals surface area contributed by atoms with Crippen molar-refractivity contribution in [3.63, 3.8) is 0 Å². The van der Waals surface area contributed by atoms with Crippen molar-refractivity contribution in [3.05, 3.63) is 23.3 Å². The van der Waals surface area contributed by atoms with Gasteiger partial charge in [0, 0.05) is 6.07 Å². The molecule has 1 unspecified atom stereocenters. The Bertz CT molecular complexity index is 439. The second-order valence-electron chi connectivity index (χ2n) is 4.28. The van der Waals surface area contributed by atoms with Gasteiger partial charge in [-0.2, -0.15) is 9.28 Å². The molecule has 0 radical (unpaired) electrons.